The number of hydrogen-bond acceptors (Lipinski definition) is 4. The summed E-state index contributed by atoms with van der Waals surface area (Å²) < 4.78 is 23.6. The van der Waals surface area contributed by atoms with Crippen molar-refractivity contribution in [1.82, 2.24) is 5.32 Å². The Labute approximate surface area is 101 Å². The molecular formula is C11H16N2O3S. The zero-order chi connectivity index (χ0) is 12.9. The van der Waals surface area contributed by atoms with E-state index in [1.807, 2.05) is 6.92 Å². The number of sulfone groups is 1. The van der Waals surface area contributed by atoms with Crippen LogP contribution in [0.2, 0.25) is 0 Å². The van der Waals surface area contributed by atoms with Crippen molar-refractivity contribution >= 4 is 15.7 Å². The minimum absolute atomic E-state index is 0.158. The van der Waals surface area contributed by atoms with Crippen molar-refractivity contribution in [2.24, 2.45) is 5.73 Å². The van der Waals surface area contributed by atoms with E-state index in [-0.39, 0.29) is 18.0 Å². The molecule has 3 N–H and O–H groups in total. The molecule has 0 aliphatic rings. The van der Waals surface area contributed by atoms with Crippen LogP contribution in [0.1, 0.15) is 5.56 Å². The first-order chi connectivity index (χ1) is 7.95. The van der Waals surface area contributed by atoms with Gasteiger partial charge in [0, 0.05) is 13.1 Å². The fourth-order valence-electron chi connectivity index (χ4n) is 1.26. The number of aryl methyl sites for hydroxylation is 1. The molecule has 94 valence electrons. The van der Waals surface area contributed by atoms with Gasteiger partial charge in [-0.25, -0.2) is 8.42 Å². The summed E-state index contributed by atoms with van der Waals surface area (Å²) in [4.78, 5) is 11.5. The van der Waals surface area contributed by atoms with Gasteiger partial charge in [0.1, 0.15) is 5.75 Å². The van der Waals surface area contributed by atoms with Gasteiger partial charge in [-0.2, -0.15) is 0 Å². The van der Waals surface area contributed by atoms with Crippen molar-refractivity contribution in [3.05, 3.63) is 29.8 Å². The van der Waals surface area contributed by atoms with Crippen molar-refractivity contribution < 1.29 is 13.2 Å². The van der Waals surface area contributed by atoms with Gasteiger partial charge < -0.3 is 11.1 Å². The third kappa shape index (κ3) is 4.16. The van der Waals surface area contributed by atoms with Crippen molar-refractivity contribution in [1.29, 1.82) is 0 Å². The molecule has 0 aliphatic carbocycles. The standard InChI is InChI=1S/C11H16N2O3S/c1-9-2-4-10(5-3-9)17(15,16)8-11(14)13-7-6-12/h2-5H,6-8,12H2,1H3,(H,13,14). The van der Waals surface area contributed by atoms with Gasteiger partial charge in [-0.1, -0.05) is 17.7 Å². The third-order valence-electron chi connectivity index (χ3n) is 2.17. The van der Waals surface area contributed by atoms with Crippen LogP contribution in [0.15, 0.2) is 29.2 Å². The summed E-state index contributed by atoms with van der Waals surface area (Å²) in [6, 6.07) is 6.40. The van der Waals surface area contributed by atoms with Crippen molar-refractivity contribution in [3.63, 3.8) is 0 Å². The van der Waals surface area contributed by atoms with Gasteiger partial charge in [-0.05, 0) is 19.1 Å². The highest BCUT2D eigenvalue weighted by atomic mass is 32.2. The predicted molar refractivity (Wildman–Crippen MR) is 65.3 cm³/mol. The van der Waals surface area contributed by atoms with Gasteiger partial charge in [-0.15, -0.1) is 0 Å². The summed E-state index contributed by atoms with van der Waals surface area (Å²) >= 11 is 0. The number of benzene rings is 1. The van der Waals surface area contributed by atoms with Crippen LogP contribution >= 0.6 is 0 Å². The highest BCUT2D eigenvalue weighted by molar-refractivity contribution is 7.92. The maximum absolute atomic E-state index is 11.8. The number of amides is 1. The second kappa shape index (κ2) is 5.79. The average Bonchev–Trinajstić information content (AvgIpc) is 2.26. The van der Waals surface area contributed by atoms with Gasteiger partial charge in [-0.3, -0.25) is 4.79 Å². The van der Waals surface area contributed by atoms with E-state index < -0.39 is 21.5 Å². The summed E-state index contributed by atoms with van der Waals surface area (Å²) in [5.74, 6) is -1.08. The van der Waals surface area contributed by atoms with E-state index in [4.69, 9.17) is 5.73 Å². The van der Waals surface area contributed by atoms with Gasteiger partial charge >= 0.3 is 0 Å². The van der Waals surface area contributed by atoms with Gasteiger partial charge in [0.15, 0.2) is 9.84 Å². The largest absolute Gasteiger partial charge is 0.354 e. The lowest BCUT2D eigenvalue weighted by Gasteiger charge is -2.05. The molecule has 0 bridgehead atoms. The molecule has 6 heteroatoms. The van der Waals surface area contributed by atoms with E-state index in [1.54, 1.807) is 12.1 Å². The van der Waals surface area contributed by atoms with Gasteiger partial charge in [0.2, 0.25) is 5.91 Å². The Morgan fingerprint density at radius 3 is 2.41 bits per heavy atom. The lowest BCUT2D eigenvalue weighted by molar-refractivity contribution is -0.118. The molecule has 0 saturated carbocycles. The molecule has 17 heavy (non-hydrogen) atoms. The SMILES string of the molecule is Cc1ccc(S(=O)(=O)CC(=O)NCCN)cc1. The molecule has 0 radical (unpaired) electrons. The number of carbonyl (C=O) groups excluding carboxylic acids is 1. The minimum atomic E-state index is -3.56. The number of nitrogens with two attached hydrogens (primary N) is 1. The molecular weight excluding hydrogens is 240 g/mol. The van der Waals surface area contributed by atoms with Crippen LogP contribution in [0, 0.1) is 6.92 Å². The Morgan fingerprint density at radius 1 is 1.29 bits per heavy atom. The summed E-state index contributed by atoms with van der Waals surface area (Å²) in [7, 11) is -3.56. The molecule has 5 nitrogen and oxygen atoms in total. The quantitative estimate of drug-likeness (QED) is 0.766. The summed E-state index contributed by atoms with van der Waals surface area (Å²) in [5, 5.41) is 2.43. The highest BCUT2D eigenvalue weighted by Crippen LogP contribution is 2.11. The van der Waals surface area contributed by atoms with Crippen LogP contribution < -0.4 is 11.1 Å². The second-order valence-electron chi connectivity index (χ2n) is 3.71. The Kier molecular flexibility index (Phi) is 4.65. The molecule has 0 aromatic heterocycles. The number of carbonyl (C=O) groups is 1. The highest BCUT2D eigenvalue weighted by Gasteiger charge is 2.18. The van der Waals surface area contributed by atoms with Crippen molar-refractivity contribution in [2.45, 2.75) is 11.8 Å². The number of nitrogens with one attached hydrogen (secondary N) is 1. The van der Waals surface area contributed by atoms with E-state index in [1.165, 1.54) is 12.1 Å². The molecule has 0 aliphatic heterocycles. The van der Waals surface area contributed by atoms with Crippen LogP contribution in [0.4, 0.5) is 0 Å². The van der Waals surface area contributed by atoms with Crippen LogP contribution in [-0.4, -0.2) is 33.2 Å². The zero-order valence-electron chi connectivity index (χ0n) is 9.64. The van der Waals surface area contributed by atoms with Crippen LogP contribution in [-0.2, 0) is 14.6 Å². The Hall–Kier alpha value is -1.40. The first-order valence-corrected chi connectivity index (χ1v) is 6.87. The number of rotatable bonds is 5. The Balaban J connectivity index is 2.75. The molecule has 1 amide bonds. The molecule has 0 heterocycles. The molecule has 1 aromatic carbocycles. The summed E-state index contributed by atoms with van der Waals surface area (Å²) in [5.41, 5.74) is 6.17. The number of hydrogen-bond donors (Lipinski definition) is 2. The van der Waals surface area contributed by atoms with E-state index in [2.05, 4.69) is 5.32 Å². The predicted octanol–water partition coefficient (Wildman–Crippen LogP) is -0.156. The van der Waals surface area contributed by atoms with Crippen LogP contribution in [0.25, 0.3) is 0 Å². The molecule has 0 fully saturated rings. The van der Waals surface area contributed by atoms with Crippen molar-refractivity contribution in [2.75, 3.05) is 18.8 Å². The average molecular weight is 256 g/mol. The van der Waals surface area contributed by atoms with E-state index >= 15 is 0 Å². The van der Waals surface area contributed by atoms with Crippen molar-refractivity contribution in [3.8, 4) is 0 Å². The minimum Gasteiger partial charge on any atom is -0.354 e. The van der Waals surface area contributed by atoms with Crippen LogP contribution in [0.3, 0.4) is 0 Å². The molecule has 1 rings (SSSR count). The Bertz CT molecular complexity index is 480. The lowest BCUT2D eigenvalue weighted by atomic mass is 10.2. The maximum atomic E-state index is 11.8. The van der Waals surface area contributed by atoms with E-state index in [0.717, 1.165) is 5.56 Å². The normalized spacial score (nSPS) is 11.2. The summed E-state index contributed by atoms with van der Waals surface area (Å²) in [6.45, 7) is 2.43. The fraction of sp³-hybridized carbons (Fsp3) is 0.364. The van der Waals surface area contributed by atoms with Gasteiger partial charge in [0.05, 0.1) is 4.90 Å². The molecule has 0 saturated heterocycles. The van der Waals surface area contributed by atoms with Crippen LogP contribution in [0.5, 0.6) is 0 Å². The first kappa shape index (κ1) is 13.7. The molecule has 1 aromatic rings. The smallest absolute Gasteiger partial charge is 0.235 e. The van der Waals surface area contributed by atoms with E-state index in [9.17, 15) is 13.2 Å². The Morgan fingerprint density at radius 2 is 1.88 bits per heavy atom. The van der Waals surface area contributed by atoms with Gasteiger partial charge in [0.25, 0.3) is 0 Å². The van der Waals surface area contributed by atoms with E-state index in [0.29, 0.717) is 0 Å². The fourth-order valence-corrected chi connectivity index (χ4v) is 2.43. The maximum Gasteiger partial charge on any atom is 0.235 e. The zero-order valence-corrected chi connectivity index (χ0v) is 10.5. The molecule has 0 unspecified atom stereocenters. The topological polar surface area (TPSA) is 89.3 Å². The summed E-state index contributed by atoms with van der Waals surface area (Å²) in [6.07, 6.45) is 0. The molecule has 0 atom stereocenters. The lowest BCUT2D eigenvalue weighted by Crippen LogP contribution is -2.33. The second-order valence-corrected chi connectivity index (χ2v) is 5.70. The monoisotopic (exact) mass is 256 g/mol. The first-order valence-electron chi connectivity index (χ1n) is 5.22. The third-order valence-corrected chi connectivity index (χ3v) is 3.80. The molecule has 0 spiro atoms.